The molecule has 90 valence electrons. The molecule has 0 unspecified atom stereocenters. The zero-order valence-electron chi connectivity index (χ0n) is 10.1. The summed E-state index contributed by atoms with van der Waals surface area (Å²) in [6, 6.07) is 0.0972. The van der Waals surface area contributed by atoms with Crippen molar-refractivity contribution >= 4 is 17.4 Å². The predicted molar refractivity (Wildman–Crippen MR) is 64.8 cm³/mol. The summed E-state index contributed by atoms with van der Waals surface area (Å²) in [7, 11) is 0. The van der Waals surface area contributed by atoms with Crippen LogP contribution in [0.1, 0.15) is 44.2 Å². The van der Waals surface area contributed by atoms with E-state index in [4.69, 9.17) is 17.3 Å². The minimum absolute atomic E-state index is 0.0637. The number of hydrogen-bond donors (Lipinski definition) is 1. The highest BCUT2D eigenvalue weighted by Crippen LogP contribution is 2.27. The molecule has 0 atom stereocenters. The number of carbonyl (C=O) groups is 1. The lowest BCUT2D eigenvalue weighted by Gasteiger charge is -2.22. The first-order chi connectivity index (χ1) is 7.31. The van der Waals surface area contributed by atoms with E-state index < -0.39 is 5.41 Å². The van der Waals surface area contributed by atoms with Gasteiger partial charge in [0, 0.05) is 18.0 Å². The van der Waals surface area contributed by atoms with Gasteiger partial charge in [-0.25, -0.2) is 0 Å². The van der Waals surface area contributed by atoms with Gasteiger partial charge in [-0.3, -0.25) is 9.48 Å². The Labute approximate surface area is 101 Å². The van der Waals surface area contributed by atoms with Gasteiger partial charge in [0.25, 0.3) is 0 Å². The Morgan fingerprint density at radius 2 is 2.19 bits per heavy atom. The Balaban J connectivity index is 3.22. The highest BCUT2D eigenvalue weighted by Gasteiger charge is 2.32. The van der Waals surface area contributed by atoms with E-state index in [0.717, 1.165) is 0 Å². The summed E-state index contributed by atoms with van der Waals surface area (Å²) in [4.78, 5) is 12.3. The molecule has 2 N–H and O–H groups in total. The summed E-state index contributed by atoms with van der Waals surface area (Å²) in [6.07, 6.45) is 1.50. The number of Topliss-reactive ketones (excluding diaryl/α,β-unsaturated/α-hetero) is 1. The van der Waals surface area contributed by atoms with Gasteiger partial charge < -0.3 is 5.73 Å². The van der Waals surface area contributed by atoms with Crippen LogP contribution in [0, 0.1) is 5.41 Å². The average Bonchev–Trinajstić information content (AvgIpc) is 2.59. The minimum atomic E-state index is -0.615. The van der Waals surface area contributed by atoms with Crippen LogP contribution in [0.4, 0.5) is 0 Å². The topological polar surface area (TPSA) is 60.9 Å². The summed E-state index contributed by atoms with van der Waals surface area (Å²) in [5.41, 5.74) is 5.43. The third kappa shape index (κ3) is 2.28. The maximum absolute atomic E-state index is 12.3. The molecule has 1 heterocycles. The molecular weight excluding hydrogens is 226 g/mol. The molecule has 0 spiro atoms. The van der Waals surface area contributed by atoms with Gasteiger partial charge in [0.15, 0.2) is 5.78 Å². The first kappa shape index (κ1) is 13.2. The Bertz CT molecular complexity index is 396. The summed E-state index contributed by atoms with van der Waals surface area (Å²) >= 11 is 6.00. The van der Waals surface area contributed by atoms with Crippen molar-refractivity contribution in [2.45, 2.75) is 33.7 Å². The van der Waals surface area contributed by atoms with Gasteiger partial charge in [-0.05, 0) is 13.8 Å². The number of aromatic nitrogens is 2. The molecule has 0 saturated heterocycles. The molecule has 16 heavy (non-hydrogen) atoms. The van der Waals surface area contributed by atoms with E-state index in [-0.39, 0.29) is 18.4 Å². The monoisotopic (exact) mass is 243 g/mol. The summed E-state index contributed by atoms with van der Waals surface area (Å²) < 4.78 is 1.64. The van der Waals surface area contributed by atoms with E-state index in [1.54, 1.807) is 4.68 Å². The van der Waals surface area contributed by atoms with Gasteiger partial charge in [-0.1, -0.05) is 25.4 Å². The number of nitrogens with zero attached hydrogens (tertiary/aromatic N) is 2. The van der Waals surface area contributed by atoms with Crippen molar-refractivity contribution in [3.05, 3.63) is 16.9 Å². The van der Waals surface area contributed by atoms with Crippen LogP contribution in [0.25, 0.3) is 0 Å². The van der Waals surface area contributed by atoms with E-state index in [0.29, 0.717) is 10.7 Å². The van der Waals surface area contributed by atoms with Crippen molar-refractivity contribution in [3.8, 4) is 0 Å². The zero-order valence-corrected chi connectivity index (χ0v) is 10.9. The fourth-order valence-corrected chi connectivity index (χ4v) is 1.57. The van der Waals surface area contributed by atoms with Crippen molar-refractivity contribution in [1.82, 2.24) is 9.78 Å². The number of halogens is 1. The lowest BCUT2D eigenvalue weighted by Crippen LogP contribution is -2.34. The second-order valence-corrected chi connectivity index (χ2v) is 5.20. The van der Waals surface area contributed by atoms with Crippen molar-refractivity contribution < 1.29 is 4.79 Å². The largest absolute Gasteiger partial charge is 0.329 e. The second kappa shape index (κ2) is 4.55. The number of carbonyl (C=O) groups excluding carboxylic acids is 1. The lowest BCUT2D eigenvalue weighted by atomic mass is 9.86. The normalized spacial score (nSPS) is 12.2. The van der Waals surface area contributed by atoms with Crippen molar-refractivity contribution in [3.63, 3.8) is 0 Å². The molecule has 5 heteroatoms. The summed E-state index contributed by atoms with van der Waals surface area (Å²) in [6.45, 7) is 7.81. The standard InChI is InChI=1S/C11H18ClN3O/c1-7(2)15-9(8(12)5-14-15)10(16)11(3,4)6-13/h5,7H,6,13H2,1-4H3. The molecule has 0 bridgehead atoms. The van der Waals surface area contributed by atoms with Crippen LogP contribution in [-0.4, -0.2) is 22.1 Å². The van der Waals surface area contributed by atoms with E-state index in [2.05, 4.69) is 5.10 Å². The van der Waals surface area contributed by atoms with E-state index in [9.17, 15) is 4.79 Å². The molecule has 1 aromatic heterocycles. The Morgan fingerprint density at radius 1 is 1.62 bits per heavy atom. The third-order valence-corrected chi connectivity index (χ3v) is 2.86. The molecule has 0 aliphatic rings. The lowest BCUT2D eigenvalue weighted by molar-refractivity contribution is 0.0834. The molecule has 0 aromatic carbocycles. The maximum atomic E-state index is 12.3. The molecule has 0 radical (unpaired) electrons. The van der Waals surface area contributed by atoms with Crippen LogP contribution in [0.5, 0.6) is 0 Å². The third-order valence-electron chi connectivity index (χ3n) is 2.58. The number of rotatable bonds is 4. The van der Waals surface area contributed by atoms with Crippen LogP contribution >= 0.6 is 11.6 Å². The molecule has 0 saturated carbocycles. The van der Waals surface area contributed by atoms with Gasteiger partial charge in [0.1, 0.15) is 5.69 Å². The van der Waals surface area contributed by atoms with Gasteiger partial charge in [-0.15, -0.1) is 0 Å². The Kier molecular flexibility index (Phi) is 3.76. The molecule has 1 aromatic rings. The second-order valence-electron chi connectivity index (χ2n) is 4.80. The van der Waals surface area contributed by atoms with Crippen molar-refractivity contribution in [2.75, 3.05) is 6.54 Å². The van der Waals surface area contributed by atoms with Gasteiger partial charge in [0.2, 0.25) is 0 Å². The molecule has 4 nitrogen and oxygen atoms in total. The molecule has 0 aliphatic heterocycles. The van der Waals surface area contributed by atoms with Gasteiger partial charge >= 0.3 is 0 Å². The van der Waals surface area contributed by atoms with E-state index in [1.165, 1.54) is 6.20 Å². The SMILES string of the molecule is CC(C)n1ncc(Cl)c1C(=O)C(C)(C)CN. The van der Waals surface area contributed by atoms with Crippen LogP contribution in [0.3, 0.4) is 0 Å². The fraction of sp³-hybridized carbons (Fsp3) is 0.636. The van der Waals surface area contributed by atoms with Crippen LogP contribution in [0.2, 0.25) is 5.02 Å². The molecule has 0 fully saturated rings. The molecular formula is C11H18ClN3O. The Morgan fingerprint density at radius 3 is 2.62 bits per heavy atom. The molecule has 1 rings (SSSR count). The van der Waals surface area contributed by atoms with Crippen LogP contribution < -0.4 is 5.73 Å². The maximum Gasteiger partial charge on any atom is 0.189 e. The van der Waals surface area contributed by atoms with Gasteiger partial charge in [0.05, 0.1) is 11.2 Å². The number of hydrogen-bond acceptors (Lipinski definition) is 3. The molecule has 0 aliphatic carbocycles. The fourth-order valence-electron chi connectivity index (χ4n) is 1.36. The average molecular weight is 244 g/mol. The first-order valence-electron chi connectivity index (χ1n) is 5.29. The predicted octanol–water partition coefficient (Wildman–Crippen LogP) is 2.29. The van der Waals surface area contributed by atoms with Crippen LogP contribution in [-0.2, 0) is 0 Å². The highest BCUT2D eigenvalue weighted by atomic mass is 35.5. The highest BCUT2D eigenvalue weighted by molar-refractivity contribution is 6.33. The summed E-state index contributed by atoms with van der Waals surface area (Å²) in [5, 5.41) is 4.50. The first-order valence-corrected chi connectivity index (χ1v) is 5.67. The van der Waals surface area contributed by atoms with Crippen LogP contribution in [0.15, 0.2) is 6.20 Å². The number of nitrogens with two attached hydrogens (primary N) is 1. The van der Waals surface area contributed by atoms with E-state index in [1.807, 2.05) is 27.7 Å². The van der Waals surface area contributed by atoms with Gasteiger partial charge in [-0.2, -0.15) is 5.10 Å². The van der Waals surface area contributed by atoms with E-state index >= 15 is 0 Å². The van der Waals surface area contributed by atoms with Crippen molar-refractivity contribution in [1.29, 1.82) is 0 Å². The quantitative estimate of drug-likeness (QED) is 0.826. The minimum Gasteiger partial charge on any atom is -0.329 e. The van der Waals surface area contributed by atoms with Crippen molar-refractivity contribution in [2.24, 2.45) is 11.1 Å². The summed E-state index contributed by atoms with van der Waals surface area (Å²) in [5.74, 6) is -0.0637. The Hall–Kier alpha value is -0.870. The smallest absolute Gasteiger partial charge is 0.189 e. The molecule has 0 amide bonds. The zero-order chi connectivity index (χ0) is 12.5. The number of ketones is 1.